The second-order valence-electron chi connectivity index (χ2n) is 3.52. The highest BCUT2D eigenvalue weighted by Crippen LogP contribution is 2.30. The number of hydrogen-bond acceptors (Lipinski definition) is 1. The Labute approximate surface area is 89.0 Å². The van der Waals surface area contributed by atoms with Gasteiger partial charge in [0.15, 0.2) is 23.3 Å². The fourth-order valence-corrected chi connectivity index (χ4v) is 1.72. The van der Waals surface area contributed by atoms with Crippen molar-refractivity contribution in [3.63, 3.8) is 0 Å². The monoisotopic (exact) mass is 232 g/mol. The van der Waals surface area contributed by atoms with Crippen LogP contribution in [0.5, 0.6) is 0 Å². The molecule has 1 aromatic rings. The van der Waals surface area contributed by atoms with Crippen LogP contribution in [0.2, 0.25) is 0 Å². The molecular formula is C10H8F4N2. The van der Waals surface area contributed by atoms with Gasteiger partial charge in [-0.2, -0.15) is 0 Å². The molecule has 2 rings (SSSR count). The lowest BCUT2D eigenvalue weighted by molar-refractivity contribution is 0.455. The highest BCUT2D eigenvalue weighted by atomic mass is 19.2. The van der Waals surface area contributed by atoms with Gasteiger partial charge in [0, 0.05) is 19.0 Å². The molecule has 1 fully saturated rings. The Bertz CT molecular complexity index is 432. The number of amidine groups is 1. The standard InChI is InChI=1S/C10H8F4N2/c11-5-4-6(12)9(14)10(8(5)13)16-3-1-2-7(16)15/h4,15H,1-3H2. The Morgan fingerprint density at radius 2 is 1.62 bits per heavy atom. The molecule has 1 heterocycles. The van der Waals surface area contributed by atoms with Crippen LogP contribution in [-0.2, 0) is 0 Å². The van der Waals surface area contributed by atoms with Gasteiger partial charge in [-0.25, -0.2) is 17.6 Å². The summed E-state index contributed by atoms with van der Waals surface area (Å²) in [5.74, 6) is -5.85. The van der Waals surface area contributed by atoms with Crippen LogP contribution >= 0.6 is 0 Å². The summed E-state index contributed by atoms with van der Waals surface area (Å²) in [7, 11) is 0. The zero-order valence-electron chi connectivity index (χ0n) is 8.16. The molecule has 0 atom stereocenters. The molecule has 0 amide bonds. The molecule has 0 aliphatic carbocycles. The fourth-order valence-electron chi connectivity index (χ4n) is 1.72. The lowest BCUT2D eigenvalue weighted by Gasteiger charge is -2.19. The van der Waals surface area contributed by atoms with Gasteiger partial charge in [-0.15, -0.1) is 0 Å². The molecule has 0 unspecified atom stereocenters. The molecule has 0 aromatic heterocycles. The summed E-state index contributed by atoms with van der Waals surface area (Å²) in [5, 5.41) is 7.43. The molecule has 1 aromatic carbocycles. The first-order valence-corrected chi connectivity index (χ1v) is 4.70. The van der Waals surface area contributed by atoms with Crippen LogP contribution in [0.4, 0.5) is 23.2 Å². The van der Waals surface area contributed by atoms with E-state index in [4.69, 9.17) is 5.41 Å². The van der Waals surface area contributed by atoms with Gasteiger partial charge in [-0.05, 0) is 6.42 Å². The Hall–Kier alpha value is -1.59. The van der Waals surface area contributed by atoms with Crippen molar-refractivity contribution in [2.75, 3.05) is 11.4 Å². The van der Waals surface area contributed by atoms with Crippen LogP contribution in [0.1, 0.15) is 12.8 Å². The molecule has 0 bridgehead atoms. The molecule has 0 radical (unpaired) electrons. The summed E-state index contributed by atoms with van der Waals surface area (Å²) in [6, 6.07) is 0.161. The minimum absolute atomic E-state index is 0.0391. The Kier molecular flexibility index (Phi) is 2.57. The van der Waals surface area contributed by atoms with E-state index in [1.807, 2.05) is 0 Å². The minimum atomic E-state index is -1.45. The van der Waals surface area contributed by atoms with E-state index in [2.05, 4.69) is 0 Å². The lowest BCUT2D eigenvalue weighted by atomic mass is 10.2. The second-order valence-corrected chi connectivity index (χ2v) is 3.52. The zero-order chi connectivity index (χ0) is 11.9. The number of anilines is 1. The SMILES string of the molecule is N=C1CCCN1c1c(F)c(F)cc(F)c1F. The maximum absolute atomic E-state index is 13.3. The quantitative estimate of drug-likeness (QED) is 0.585. The largest absolute Gasteiger partial charge is 0.325 e. The maximum Gasteiger partial charge on any atom is 0.185 e. The van der Waals surface area contributed by atoms with E-state index in [0.29, 0.717) is 12.8 Å². The smallest absolute Gasteiger partial charge is 0.185 e. The summed E-state index contributed by atoms with van der Waals surface area (Å²) in [6.45, 7) is 0.190. The third-order valence-electron chi connectivity index (χ3n) is 2.48. The highest BCUT2D eigenvalue weighted by molar-refractivity contribution is 5.97. The van der Waals surface area contributed by atoms with Gasteiger partial charge in [0.25, 0.3) is 0 Å². The Morgan fingerprint density at radius 1 is 1.06 bits per heavy atom. The van der Waals surface area contributed by atoms with E-state index in [1.165, 1.54) is 0 Å². The van der Waals surface area contributed by atoms with Crippen molar-refractivity contribution in [3.8, 4) is 0 Å². The molecule has 2 nitrogen and oxygen atoms in total. The van der Waals surface area contributed by atoms with Crippen molar-refractivity contribution in [3.05, 3.63) is 29.3 Å². The molecule has 16 heavy (non-hydrogen) atoms. The first-order valence-electron chi connectivity index (χ1n) is 4.70. The number of nitrogens with zero attached hydrogens (tertiary/aromatic N) is 1. The number of nitrogens with one attached hydrogen (secondary N) is 1. The Balaban J connectivity index is 2.58. The molecule has 0 spiro atoms. The molecule has 86 valence electrons. The van der Waals surface area contributed by atoms with Crippen molar-refractivity contribution < 1.29 is 17.6 Å². The van der Waals surface area contributed by atoms with E-state index in [-0.39, 0.29) is 18.4 Å². The third-order valence-corrected chi connectivity index (χ3v) is 2.48. The molecule has 6 heteroatoms. The summed E-state index contributed by atoms with van der Waals surface area (Å²) >= 11 is 0. The van der Waals surface area contributed by atoms with Crippen molar-refractivity contribution >= 4 is 11.5 Å². The van der Waals surface area contributed by atoms with Crippen LogP contribution in [0, 0.1) is 28.7 Å². The van der Waals surface area contributed by atoms with Gasteiger partial charge < -0.3 is 4.90 Å². The van der Waals surface area contributed by atoms with Crippen LogP contribution in [0.25, 0.3) is 0 Å². The topological polar surface area (TPSA) is 27.1 Å². The average molecular weight is 232 g/mol. The molecular weight excluding hydrogens is 224 g/mol. The van der Waals surface area contributed by atoms with Crippen molar-refractivity contribution in [2.24, 2.45) is 0 Å². The van der Waals surface area contributed by atoms with E-state index < -0.39 is 29.0 Å². The maximum atomic E-state index is 13.3. The molecule has 1 aliphatic heterocycles. The number of hydrogen-bond donors (Lipinski definition) is 1. The van der Waals surface area contributed by atoms with Crippen LogP contribution in [0.3, 0.4) is 0 Å². The molecule has 1 saturated heterocycles. The summed E-state index contributed by atoms with van der Waals surface area (Å²) in [6.07, 6.45) is 0.882. The van der Waals surface area contributed by atoms with Gasteiger partial charge in [0.1, 0.15) is 11.5 Å². The minimum Gasteiger partial charge on any atom is -0.325 e. The first-order chi connectivity index (χ1) is 7.52. The zero-order valence-corrected chi connectivity index (χ0v) is 8.16. The number of benzene rings is 1. The molecule has 0 saturated carbocycles. The van der Waals surface area contributed by atoms with E-state index in [0.717, 1.165) is 4.90 Å². The summed E-state index contributed by atoms with van der Waals surface area (Å²) in [5.41, 5.74) is -0.806. The fraction of sp³-hybridized carbons (Fsp3) is 0.300. The van der Waals surface area contributed by atoms with Gasteiger partial charge in [0.2, 0.25) is 0 Å². The van der Waals surface area contributed by atoms with Gasteiger partial charge >= 0.3 is 0 Å². The van der Waals surface area contributed by atoms with Crippen molar-refractivity contribution in [2.45, 2.75) is 12.8 Å². The Morgan fingerprint density at radius 3 is 2.06 bits per heavy atom. The predicted molar refractivity (Wildman–Crippen MR) is 50.6 cm³/mol. The highest BCUT2D eigenvalue weighted by Gasteiger charge is 2.28. The van der Waals surface area contributed by atoms with Crippen LogP contribution < -0.4 is 4.90 Å². The van der Waals surface area contributed by atoms with E-state index in [9.17, 15) is 17.6 Å². The van der Waals surface area contributed by atoms with Crippen molar-refractivity contribution in [1.82, 2.24) is 0 Å². The molecule has 1 aliphatic rings. The summed E-state index contributed by atoms with van der Waals surface area (Å²) < 4.78 is 52.5. The van der Waals surface area contributed by atoms with Crippen LogP contribution in [-0.4, -0.2) is 12.4 Å². The molecule has 1 N–H and O–H groups in total. The average Bonchev–Trinajstić information content (AvgIpc) is 2.63. The van der Waals surface area contributed by atoms with Crippen molar-refractivity contribution in [1.29, 1.82) is 5.41 Å². The summed E-state index contributed by atoms with van der Waals surface area (Å²) in [4.78, 5) is 0.955. The van der Waals surface area contributed by atoms with E-state index in [1.54, 1.807) is 0 Å². The predicted octanol–water partition coefficient (Wildman–Crippen LogP) is 2.82. The second kappa shape index (κ2) is 3.77. The van der Waals surface area contributed by atoms with Gasteiger partial charge in [-0.3, -0.25) is 5.41 Å². The normalized spacial score (nSPS) is 16.0. The first kappa shape index (κ1) is 10.9. The van der Waals surface area contributed by atoms with E-state index >= 15 is 0 Å². The van der Waals surface area contributed by atoms with Gasteiger partial charge in [-0.1, -0.05) is 0 Å². The third kappa shape index (κ3) is 1.54. The van der Waals surface area contributed by atoms with Crippen LogP contribution in [0.15, 0.2) is 6.07 Å². The lowest BCUT2D eigenvalue weighted by Crippen LogP contribution is -2.26. The number of rotatable bonds is 1. The number of halogens is 4. The van der Waals surface area contributed by atoms with Gasteiger partial charge in [0.05, 0.1) is 0 Å².